The van der Waals surface area contributed by atoms with Gasteiger partial charge in [-0.1, -0.05) is 34.6 Å². The molecule has 80 valence electrons. The molecule has 1 unspecified atom stereocenters. The lowest BCUT2D eigenvalue weighted by molar-refractivity contribution is -0.136. The fraction of sp³-hybridized carbons (Fsp3) is 0.909. The van der Waals surface area contributed by atoms with Crippen LogP contribution in [-0.4, -0.2) is 24.4 Å². The number of nitrogens with zero attached hydrogens (tertiary/aromatic N) is 1. The highest BCUT2D eigenvalue weighted by atomic mass is 16.2. The third-order valence-electron chi connectivity index (χ3n) is 1.93. The molecule has 2 heteroatoms. The van der Waals surface area contributed by atoms with E-state index in [0.29, 0.717) is 5.91 Å². The van der Waals surface area contributed by atoms with Crippen molar-refractivity contribution in [3.8, 4) is 0 Å². The zero-order valence-electron chi connectivity index (χ0n) is 10.1. The predicted molar refractivity (Wildman–Crippen MR) is 58.7 cm³/mol. The van der Waals surface area contributed by atoms with Crippen LogP contribution >= 0.6 is 0 Å². The number of hydrogen-bond acceptors (Lipinski definition) is 1. The Bertz CT molecular complexity index is 111. The molecule has 0 spiro atoms. The van der Waals surface area contributed by atoms with Crippen LogP contribution in [0.5, 0.6) is 0 Å². The molecule has 1 aliphatic heterocycles. The molecule has 0 N–H and O–H groups in total. The quantitative estimate of drug-likeness (QED) is 0.571. The minimum atomic E-state index is 0.267. The van der Waals surface area contributed by atoms with Gasteiger partial charge in [0.2, 0.25) is 5.91 Å². The summed E-state index contributed by atoms with van der Waals surface area (Å²) in [4.78, 5) is 12.9. The summed E-state index contributed by atoms with van der Waals surface area (Å²) >= 11 is 0. The highest BCUT2D eigenvalue weighted by molar-refractivity contribution is 5.78. The maximum absolute atomic E-state index is 11.1. The smallest absolute Gasteiger partial charge is 0.225 e. The van der Waals surface area contributed by atoms with Crippen molar-refractivity contribution in [2.45, 2.75) is 47.5 Å². The second-order valence-corrected chi connectivity index (χ2v) is 2.80. The summed E-state index contributed by atoms with van der Waals surface area (Å²) in [7, 11) is 1.87. The summed E-state index contributed by atoms with van der Waals surface area (Å²) < 4.78 is 0. The Morgan fingerprint density at radius 1 is 1.23 bits per heavy atom. The van der Waals surface area contributed by atoms with Crippen molar-refractivity contribution in [2.75, 3.05) is 13.6 Å². The SMILES string of the molecule is CC.CC.CC1CCCN(C)C1=O. The number of amides is 1. The van der Waals surface area contributed by atoms with Crippen molar-refractivity contribution in [3.63, 3.8) is 0 Å². The molecule has 1 saturated heterocycles. The van der Waals surface area contributed by atoms with Crippen molar-refractivity contribution in [1.29, 1.82) is 0 Å². The molecule has 0 radical (unpaired) electrons. The van der Waals surface area contributed by atoms with Gasteiger partial charge < -0.3 is 4.90 Å². The van der Waals surface area contributed by atoms with Gasteiger partial charge in [-0.15, -0.1) is 0 Å². The number of hydrogen-bond donors (Lipinski definition) is 0. The molecule has 0 aromatic heterocycles. The van der Waals surface area contributed by atoms with Crippen LogP contribution in [0.25, 0.3) is 0 Å². The minimum Gasteiger partial charge on any atom is -0.346 e. The molecule has 1 rings (SSSR count). The lowest BCUT2D eigenvalue weighted by Gasteiger charge is -2.26. The van der Waals surface area contributed by atoms with Gasteiger partial charge in [-0.25, -0.2) is 0 Å². The second kappa shape index (κ2) is 9.56. The van der Waals surface area contributed by atoms with Crippen LogP contribution in [0.1, 0.15) is 47.5 Å². The summed E-state index contributed by atoms with van der Waals surface area (Å²) in [5, 5.41) is 0. The highest BCUT2D eigenvalue weighted by Gasteiger charge is 2.21. The van der Waals surface area contributed by atoms with Crippen LogP contribution in [0.3, 0.4) is 0 Å². The summed E-state index contributed by atoms with van der Waals surface area (Å²) in [5.41, 5.74) is 0. The van der Waals surface area contributed by atoms with Gasteiger partial charge in [-0.2, -0.15) is 0 Å². The van der Waals surface area contributed by atoms with E-state index >= 15 is 0 Å². The summed E-state index contributed by atoms with van der Waals surface area (Å²) in [6, 6.07) is 0. The van der Waals surface area contributed by atoms with Crippen molar-refractivity contribution < 1.29 is 4.79 Å². The van der Waals surface area contributed by atoms with E-state index in [1.807, 2.05) is 46.6 Å². The van der Waals surface area contributed by atoms with Gasteiger partial charge in [-0.05, 0) is 12.8 Å². The Morgan fingerprint density at radius 3 is 2.00 bits per heavy atom. The zero-order chi connectivity index (χ0) is 10.9. The van der Waals surface area contributed by atoms with Crippen LogP contribution < -0.4 is 0 Å². The molecule has 0 bridgehead atoms. The number of carbonyl (C=O) groups excluding carboxylic acids is 1. The molecule has 1 aliphatic rings. The summed E-state index contributed by atoms with van der Waals surface area (Å²) in [5.74, 6) is 0.574. The first-order valence-electron chi connectivity index (χ1n) is 5.47. The molecular weight excluding hydrogens is 162 g/mol. The van der Waals surface area contributed by atoms with Gasteiger partial charge in [0, 0.05) is 19.5 Å². The zero-order valence-corrected chi connectivity index (χ0v) is 10.1. The maximum Gasteiger partial charge on any atom is 0.225 e. The van der Waals surface area contributed by atoms with Crippen LogP contribution in [0, 0.1) is 5.92 Å². The molecular formula is C11H25NO. The van der Waals surface area contributed by atoms with Gasteiger partial charge in [0.25, 0.3) is 0 Å². The first-order valence-corrected chi connectivity index (χ1v) is 5.47. The molecule has 0 aromatic rings. The first-order chi connectivity index (χ1) is 6.22. The van der Waals surface area contributed by atoms with E-state index < -0.39 is 0 Å². The fourth-order valence-corrected chi connectivity index (χ4v) is 1.24. The fourth-order valence-electron chi connectivity index (χ4n) is 1.24. The van der Waals surface area contributed by atoms with E-state index in [1.54, 1.807) is 0 Å². The molecule has 0 saturated carbocycles. The lowest BCUT2D eigenvalue weighted by Crippen LogP contribution is -2.36. The Hall–Kier alpha value is -0.530. The van der Waals surface area contributed by atoms with Crippen molar-refractivity contribution in [2.24, 2.45) is 5.92 Å². The van der Waals surface area contributed by atoms with E-state index in [-0.39, 0.29) is 5.92 Å². The first kappa shape index (κ1) is 15.0. The van der Waals surface area contributed by atoms with Gasteiger partial charge in [0.1, 0.15) is 0 Å². The Balaban J connectivity index is 0. The van der Waals surface area contributed by atoms with Crippen molar-refractivity contribution >= 4 is 5.91 Å². The molecule has 1 heterocycles. The van der Waals surface area contributed by atoms with Gasteiger partial charge in [-0.3, -0.25) is 4.79 Å². The largest absolute Gasteiger partial charge is 0.346 e. The lowest BCUT2D eigenvalue weighted by atomic mass is 10.0. The number of likely N-dealkylation sites (tertiary alicyclic amines) is 1. The van der Waals surface area contributed by atoms with Gasteiger partial charge in [0.15, 0.2) is 0 Å². The Morgan fingerprint density at radius 2 is 1.69 bits per heavy atom. The van der Waals surface area contributed by atoms with Gasteiger partial charge >= 0.3 is 0 Å². The summed E-state index contributed by atoms with van der Waals surface area (Å²) in [6.07, 6.45) is 2.24. The Kier molecular flexibility index (Phi) is 11.0. The van der Waals surface area contributed by atoms with E-state index in [9.17, 15) is 4.79 Å². The van der Waals surface area contributed by atoms with Crippen LogP contribution in [0.15, 0.2) is 0 Å². The van der Waals surface area contributed by atoms with E-state index in [1.165, 1.54) is 6.42 Å². The van der Waals surface area contributed by atoms with Crippen molar-refractivity contribution in [3.05, 3.63) is 0 Å². The average molecular weight is 187 g/mol. The van der Waals surface area contributed by atoms with E-state index in [0.717, 1.165) is 13.0 Å². The number of piperidine rings is 1. The average Bonchev–Trinajstić information content (AvgIpc) is 2.20. The molecule has 13 heavy (non-hydrogen) atoms. The molecule has 1 fully saturated rings. The normalized spacial score (nSPS) is 20.9. The molecule has 1 amide bonds. The monoisotopic (exact) mass is 187 g/mol. The van der Waals surface area contributed by atoms with E-state index in [4.69, 9.17) is 0 Å². The highest BCUT2D eigenvalue weighted by Crippen LogP contribution is 2.14. The number of carbonyl (C=O) groups is 1. The van der Waals surface area contributed by atoms with Crippen molar-refractivity contribution in [1.82, 2.24) is 4.90 Å². The molecule has 0 aromatic carbocycles. The standard InChI is InChI=1S/C7H13NO.2C2H6/c1-6-4-3-5-8(2)7(6)9;2*1-2/h6H,3-5H2,1-2H3;2*1-2H3. The molecule has 0 aliphatic carbocycles. The third-order valence-corrected chi connectivity index (χ3v) is 1.93. The Labute approximate surface area is 83.3 Å². The van der Waals surface area contributed by atoms with Crippen LogP contribution in [-0.2, 0) is 4.79 Å². The molecule has 1 atom stereocenters. The molecule has 2 nitrogen and oxygen atoms in total. The second-order valence-electron chi connectivity index (χ2n) is 2.80. The minimum absolute atomic E-state index is 0.267. The topological polar surface area (TPSA) is 20.3 Å². The summed E-state index contributed by atoms with van der Waals surface area (Å²) in [6.45, 7) is 10.9. The van der Waals surface area contributed by atoms with E-state index in [2.05, 4.69) is 0 Å². The van der Waals surface area contributed by atoms with Gasteiger partial charge in [0.05, 0.1) is 0 Å². The van der Waals surface area contributed by atoms with Crippen LogP contribution in [0.4, 0.5) is 0 Å². The number of rotatable bonds is 0. The van der Waals surface area contributed by atoms with Crippen LogP contribution in [0.2, 0.25) is 0 Å². The predicted octanol–water partition coefficient (Wildman–Crippen LogP) is 2.93. The third kappa shape index (κ3) is 5.67. The maximum atomic E-state index is 11.1.